The van der Waals surface area contributed by atoms with Gasteiger partial charge in [0.25, 0.3) is 0 Å². The Hall–Kier alpha value is -1.65. The van der Waals surface area contributed by atoms with Gasteiger partial charge in [0.05, 0.1) is 0 Å². The van der Waals surface area contributed by atoms with Gasteiger partial charge in [-0.2, -0.15) is 4.98 Å². The molecule has 16 heavy (non-hydrogen) atoms. The molecule has 0 saturated heterocycles. The molecule has 5 heteroatoms. The molecule has 0 unspecified atom stereocenters. The second kappa shape index (κ2) is 4.92. The van der Waals surface area contributed by atoms with E-state index in [2.05, 4.69) is 29.0 Å². The monoisotopic (exact) mass is 220 g/mol. The highest BCUT2D eigenvalue weighted by Gasteiger charge is 2.08. The Morgan fingerprint density at radius 3 is 3.00 bits per heavy atom. The van der Waals surface area contributed by atoms with Crippen LogP contribution in [-0.2, 0) is 19.4 Å². The maximum absolute atomic E-state index is 5.18. The van der Waals surface area contributed by atoms with Crippen molar-refractivity contribution in [3.05, 3.63) is 29.9 Å². The topological polar surface area (TPSA) is 56.7 Å². The van der Waals surface area contributed by atoms with Crippen LogP contribution in [0.25, 0.3) is 0 Å². The van der Waals surface area contributed by atoms with E-state index in [1.54, 1.807) is 6.20 Å². The number of nitrogens with zero attached hydrogens (tertiary/aromatic N) is 4. The number of hydrogen-bond donors (Lipinski definition) is 0. The van der Waals surface area contributed by atoms with E-state index in [-0.39, 0.29) is 0 Å². The fraction of sp³-hybridized carbons (Fsp3) is 0.545. The molecular formula is C11H16N4O. The molecule has 0 fully saturated rings. The van der Waals surface area contributed by atoms with E-state index >= 15 is 0 Å². The molecule has 2 aromatic heterocycles. The minimum absolute atomic E-state index is 0.611. The molecule has 0 aliphatic rings. The molecular weight excluding hydrogens is 204 g/mol. The first-order valence-electron chi connectivity index (χ1n) is 5.65. The Labute approximate surface area is 94.5 Å². The summed E-state index contributed by atoms with van der Waals surface area (Å²) in [7, 11) is 0. The summed E-state index contributed by atoms with van der Waals surface area (Å²) in [5, 5.41) is 3.92. The molecule has 2 heterocycles. The average molecular weight is 220 g/mol. The molecule has 5 nitrogen and oxygen atoms in total. The predicted octanol–water partition coefficient (Wildman–Crippen LogP) is 1.83. The second-order valence-corrected chi connectivity index (χ2v) is 3.68. The number of imidazole rings is 1. The van der Waals surface area contributed by atoms with E-state index < -0.39 is 0 Å². The van der Waals surface area contributed by atoms with Gasteiger partial charge in [-0.05, 0) is 6.42 Å². The first kappa shape index (κ1) is 10.9. The fourth-order valence-electron chi connectivity index (χ4n) is 1.62. The zero-order valence-corrected chi connectivity index (χ0v) is 9.68. The molecule has 86 valence electrons. The lowest BCUT2D eigenvalue weighted by molar-refractivity contribution is 0.364. The maximum atomic E-state index is 5.18. The van der Waals surface area contributed by atoms with E-state index in [0.29, 0.717) is 12.4 Å². The highest BCUT2D eigenvalue weighted by atomic mass is 16.5. The Morgan fingerprint density at radius 1 is 1.38 bits per heavy atom. The van der Waals surface area contributed by atoms with Crippen LogP contribution in [-0.4, -0.2) is 19.7 Å². The minimum Gasteiger partial charge on any atom is -0.337 e. The van der Waals surface area contributed by atoms with Crippen LogP contribution >= 0.6 is 0 Å². The van der Waals surface area contributed by atoms with Crippen LogP contribution in [0.15, 0.2) is 16.9 Å². The van der Waals surface area contributed by atoms with E-state index in [0.717, 1.165) is 30.9 Å². The van der Waals surface area contributed by atoms with Crippen molar-refractivity contribution in [1.29, 1.82) is 0 Å². The van der Waals surface area contributed by atoms with Gasteiger partial charge >= 0.3 is 0 Å². The van der Waals surface area contributed by atoms with Crippen molar-refractivity contribution in [2.24, 2.45) is 0 Å². The number of aromatic nitrogens is 4. The van der Waals surface area contributed by atoms with Crippen molar-refractivity contribution in [3.8, 4) is 0 Å². The molecule has 0 atom stereocenters. The summed E-state index contributed by atoms with van der Waals surface area (Å²) in [6, 6.07) is 0. The van der Waals surface area contributed by atoms with Crippen LogP contribution in [0.5, 0.6) is 0 Å². The van der Waals surface area contributed by atoms with Gasteiger partial charge in [-0.3, -0.25) is 0 Å². The summed E-state index contributed by atoms with van der Waals surface area (Å²) in [5.74, 6) is 2.47. The molecule has 0 spiro atoms. The van der Waals surface area contributed by atoms with Gasteiger partial charge in [0.2, 0.25) is 5.89 Å². The normalized spacial score (nSPS) is 10.9. The molecule has 0 saturated carbocycles. The van der Waals surface area contributed by atoms with Crippen LogP contribution in [0.2, 0.25) is 0 Å². The van der Waals surface area contributed by atoms with E-state index in [1.807, 2.05) is 10.8 Å². The smallest absolute Gasteiger partial charge is 0.246 e. The SMILES string of the molecule is CCCc1noc(Cn2ccnc2CC)n1. The Bertz CT molecular complexity index is 446. The lowest BCUT2D eigenvalue weighted by atomic mass is 10.3. The first-order chi connectivity index (χ1) is 7.83. The summed E-state index contributed by atoms with van der Waals surface area (Å²) in [5.41, 5.74) is 0. The van der Waals surface area contributed by atoms with Crippen LogP contribution in [0.1, 0.15) is 37.8 Å². The van der Waals surface area contributed by atoms with Gasteiger partial charge in [0.1, 0.15) is 12.4 Å². The molecule has 0 aromatic carbocycles. The third kappa shape index (κ3) is 2.29. The summed E-state index contributed by atoms with van der Waals surface area (Å²) >= 11 is 0. The Morgan fingerprint density at radius 2 is 2.25 bits per heavy atom. The maximum Gasteiger partial charge on any atom is 0.246 e. The molecule has 0 N–H and O–H groups in total. The summed E-state index contributed by atoms with van der Waals surface area (Å²) in [4.78, 5) is 8.57. The lowest BCUT2D eigenvalue weighted by Crippen LogP contribution is -2.03. The first-order valence-corrected chi connectivity index (χ1v) is 5.65. The second-order valence-electron chi connectivity index (χ2n) is 3.68. The van der Waals surface area contributed by atoms with Gasteiger partial charge in [-0.1, -0.05) is 19.0 Å². The van der Waals surface area contributed by atoms with Crippen molar-refractivity contribution in [3.63, 3.8) is 0 Å². The van der Waals surface area contributed by atoms with Crippen LogP contribution in [0, 0.1) is 0 Å². The van der Waals surface area contributed by atoms with E-state index in [4.69, 9.17) is 4.52 Å². The third-order valence-corrected chi connectivity index (χ3v) is 2.41. The number of aryl methyl sites for hydroxylation is 2. The summed E-state index contributed by atoms with van der Waals surface area (Å²) in [6.07, 6.45) is 6.53. The van der Waals surface area contributed by atoms with Crippen molar-refractivity contribution < 1.29 is 4.52 Å². The van der Waals surface area contributed by atoms with E-state index in [1.165, 1.54) is 0 Å². The molecule has 0 aliphatic carbocycles. The Balaban J connectivity index is 2.08. The van der Waals surface area contributed by atoms with Crippen molar-refractivity contribution >= 4 is 0 Å². The van der Waals surface area contributed by atoms with Crippen LogP contribution in [0.3, 0.4) is 0 Å². The summed E-state index contributed by atoms with van der Waals surface area (Å²) in [6.45, 7) is 4.79. The van der Waals surface area contributed by atoms with Crippen molar-refractivity contribution in [2.45, 2.75) is 39.7 Å². The van der Waals surface area contributed by atoms with Crippen molar-refractivity contribution in [2.75, 3.05) is 0 Å². The third-order valence-electron chi connectivity index (χ3n) is 2.41. The standard InChI is InChI=1S/C11H16N4O/c1-3-5-9-13-11(16-14-9)8-15-7-6-12-10(15)4-2/h6-7H,3-5,8H2,1-2H3. The highest BCUT2D eigenvalue weighted by Crippen LogP contribution is 2.05. The number of hydrogen-bond acceptors (Lipinski definition) is 4. The average Bonchev–Trinajstić information content (AvgIpc) is 2.89. The molecule has 0 aliphatic heterocycles. The van der Waals surface area contributed by atoms with Crippen molar-refractivity contribution in [1.82, 2.24) is 19.7 Å². The van der Waals surface area contributed by atoms with E-state index in [9.17, 15) is 0 Å². The molecule has 0 amide bonds. The highest BCUT2D eigenvalue weighted by molar-refractivity contribution is 4.96. The van der Waals surface area contributed by atoms with Gasteiger partial charge in [0, 0.05) is 25.2 Å². The zero-order chi connectivity index (χ0) is 11.4. The van der Waals surface area contributed by atoms with Gasteiger partial charge in [0.15, 0.2) is 5.82 Å². The van der Waals surface area contributed by atoms with Gasteiger partial charge in [-0.25, -0.2) is 4.98 Å². The van der Waals surface area contributed by atoms with Crippen LogP contribution in [0.4, 0.5) is 0 Å². The lowest BCUT2D eigenvalue weighted by Gasteiger charge is -2.01. The minimum atomic E-state index is 0.611. The van der Waals surface area contributed by atoms with Gasteiger partial charge in [-0.15, -0.1) is 0 Å². The predicted molar refractivity (Wildman–Crippen MR) is 59.0 cm³/mol. The molecule has 0 radical (unpaired) electrons. The largest absolute Gasteiger partial charge is 0.337 e. The number of rotatable bonds is 5. The molecule has 0 bridgehead atoms. The molecule has 2 rings (SSSR count). The quantitative estimate of drug-likeness (QED) is 0.771. The Kier molecular flexibility index (Phi) is 3.34. The fourth-order valence-corrected chi connectivity index (χ4v) is 1.62. The molecule has 2 aromatic rings. The van der Waals surface area contributed by atoms with Gasteiger partial charge < -0.3 is 9.09 Å². The van der Waals surface area contributed by atoms with Crippen LogP contribution < -0.4 is 0 Å². The zero-order valence-electron chi connectivity index (χ0n) is 9.68. The summed E-state index contributed by atoms with van der Waals surface area (Å²) < 4.78 is 7.21.